The Morgan fingerprint density at radius 1 is 1.30 bits per heavy atom. The molecule has 0 saturated heterocycles. The summed E-state index contributed by atoms with van der Waals surface area (Å²) in [6, 6.07) is 9.23. The first-order valence-electron chi connectivity index (χ1n) is 7.15. The number of nitrogens with zero attached hydrogens (tertiary/aromatic N) is 2. The van der Waals surface area contributed by atoms with Crippen LogP contribution in [0.1, 0.15) is 29.3 Å². The van der Waals surface area contributed by atoms with E-state index in [4.69, 9.17) is 0 Å². The van der Waals surface area contributed by atoms with Crippen LogP contribution < -0.4 is 10.0 Å². The maximum absolute atomic E-state index is 11.5. The van der Waals surface area contributed by atoms with E-state index >= 15 is 0 Å². The summed E-state index contributed by atoms with van der Waals surface area (Å²) in [7, 11) is 0. The Balaban J connectivity index is 2.06. The van der Waals surface area contributed by atoms with E-state index in [2.05, 4.69) is 15.1 Å². The Labute approximate surface area is 138 Å². The summed E-state index contributed by atoms with van der Waals surface area (Å²) in [4.78, 5) is 22.8. The van der Waals surface area contributed by atoms with Gasteiger partial charge in [0.1, 0.15) is 5.56 Å². The molecule has 0 unspecified atom stereocenters. The summed E-state index contributed by atoms with van der Waals surface area (Å²) >= 11 is 0.890. The van der Waals surface area contributed by atoms with Crippen molar-refractivity contribution in [1.29, 1.82) is 0 Å². The molecule has 0 spiro atoms. The molecule has 23 heavy (non-hydrogen) atoms. The average molecular weight is 334 g/mol. The topological polar surface area (TPSA) is 96.3 Å². The summed E-state index contributed by atoms with van der Waals surface area (Å²) in [5.41, 5.74) is 1.07. The standard InChI is InChI=1S/C15H18N4O3S/c1-2-8-16-15(22)18-23-13-12(14(20)21)10-19(17-13)9-11-6-4-3-5-7-11/h3-7,10H,2,8-9H2,1H3,(H,20,21)(H2,16,18,22). The third-order valence-electron chi connectivity index (χ3n) is 2.92. The number of urea groups is 1. The summed E-state index contributed by atoms with van der Waals surface area (Å²) in [6.07, 6.45) is 2.29. The molecule has 1 aromatic carbocycles. The molecule has 1 heterocycles. The number of aromatic nitrogens is 2. The van der Waals surface area contributed by atoms with Gasteiger partial charge in [-0.2, -0.15) is 5.10 Å². The van der Waals surface area contributed by atoms with Crippen molar-refractivity contribution in [3.63, 3.8) is 0 Å². The number of carbonyl (C=O) groups is 2. The largest absolute Gasteiger partial charge is 0.478 e. The zero-order valence-electron chi connectivity index (χ0n) is 12.7. The Hall–Kier alpha value is -2.48. The second-order valence-corrected chi connectivity index (χ2v) is 5.59. The van der Waals surface area contributed by atoms with E-state index < -0.39 is 5.97 Å². The van der Waals surface area contributed by atoms with Crippen molar-refractivity contribution in [2.75, 3.05) is 6.54 Å². The van der Waals surface area contributed by atoms with Crippen LogP contribution in [0.15, 0.2) is 41.6 Å². The molecule has 3 N–H and O–H groups in total. The van der Waals surface area contributed by atoms with Crippen LogP contribution in [-0.4, -0.2) is 33.4 Å². The molecule has 0 aliphatic rings. The van der Waals surface area contributed by atoms with E-state index in [9.17, 15) is 14.7 Å². The van der Waals surface area contributed by atoms with Crippen LogP contribution in [0.3, 0.4) is 0 Å². The minimum absolute atomic E-state index is 0.0572. The van der Waals surface area contributed by atoms with Crippen molar-refractivity contribution in [2.45, 2.75) is 24.9 Å². The molecular formula is C15H18N4O3S. The molecule has 0 aliphatic heterocycles. The van der Waals surface area contributed by atoms with E-state index in [0.29, 0.717) is 13.1 Å². The van der Waals surface area contributed by atoms with Gasteiger partial charge in [0.05, 0.1) is 6.54 Å². The number of carbonyl (C=O) groups excluding carboxylic acids is 1. The molecule has 0 fully saturated rings. The molecule has 0 bridgehead atoms. The lowest BCUT2D eigenvalue weighted by Crippen LogP contribution is -2.31. The quantitative estimate of drug-likeness (QED) is 0.675. The molecule has 2 rings (SSSR count). The Bertz CT molecular complexity index is 673. The van der Waals surface area contributed by atoms with E-state index in [0.717, 1.165) is 23.9 Å². The van der Waals surface area contributed by atoms with Crippen molar-refractivity contribution in [2.24, 2.45) is 0 Å². The van der Waals surface area contributed by atoms with Crippen LogP contribution in [0.5, 0.6) is 0 Å². The highest BCUT2D eigenvalue weighted by atomic mass is 32.2. The Kier molecular flexibility index (Phi) is 6.04. The van der Waals surface area contributed by atoms with Gasteiger partial charge in [-0.05, 0) is 12.0 Å². The van der Waals surface area contributed by atoms with Crippen LogP contribution >= 0.6 is 11.9 Å². The molecule has 0 atom stereocenters. The molecule has 8 heteroatoms. The maximum atomic E-state index is 11.5. The van der Waals surface area contributed by atoms with Crippen LogP contribution in [0.2, 0.25) is 0 Å². The van der Waals surface area contributed by atoms with Crippen LogP contribution in [0, 0.1) is 0 Å². The molecule has 7 nitrogen and oxygen atoms in total. The number of aromatic carboxylic acids is 1. The first-order valence-corrected chi connectivity index (χ1v) is 7.97. The second-order valence-electron chi connectivity index (χ2n) is 4.80. The van der Waals surface area contributed by atoms with Crippen molar-refractivity contribution < 1.29 is 14.7 Å². The van der Waals surface area contributed by atoms with Crippen molar-refractivity contribution in [3.8, 4) is 0 Å². The highest BCUT2D eigenvalue weighted by Gasteiger charge is 2.17. The van der Waals surface area contributed by atoms with Gasteiger partial charge in [0.2, 0.25) is 0 Å². The maximum Gasteiger partial charge on any atom is 0.340 e. The number of benzene rings is 1. The zero-order chi connectivity index (χ0) is 16.7. The third-order valence-corrected chi connectivity index (χ3v) is 3.70. The van der Waals surface area contributed by atoms with Gasteiger partial charge in [-0.1, -0.05) is 37.3 Å². The van der Waals surface area contributed by atoms with Crippen LogP contribution in [0.25, 0.3) is 0 Å². The Morgan fingerprint density at radius 3 is 2.70 bits per heavy atom. The smallest absolute Gasteiger partial charge is 0.340 e. The van der Waals surface area contributed by atoms with Gasteiger partial charge < -0.3 is 10.4 Å². The number of carboxylic acids is 1. The molecule has 0 radical (unpaired) electrons. The lowest BCUT2D eigenvalue weighted by molar-refractivity contribution is 0.0693. The van der Waals surface area contributed by atoms with Crippen molar-refractivity contribution >= 4 is 23.9 Å². The number of nitrogens with one attached hydrogen (secondary N) is 2. The predicted molar refractivity (Wildman–Crippen MR) is 87.4 cm³/mol. The van der Waals surface area contributed by atoms with Crippen LogP contribution in [0.4, 0.5) is 4.79 Å². The van der Waals surface area contributed by atoms with E-state index in [1.165, 1.54) is 6.20 Å². The first-order chi connectivity index (χ1) is 11.1. The molecular weight excluding hydrogens is 316 g/mol. The normalized spacial score (nSPS) is 10.3. The van der Waals surface area contributed by atoms with E-state index in [1.54, 1.807) is 4.68 Å². The van der Waals surface area contributed by atoms with Crippen LogP contribution in [-0.2, 0) is 6.54 Å². The fourth-order valence-electron chi connectivity index (χ4n) is 1.85. The summed E-state index contributed by atoms with van der Waals surface area (Å²) < 4.78 is 4.08. The van der Waals surface area contributed by atoms with Gasteiger partial charge in [0.15, 0.2) is 5.03 Å². The van der Waals surface area contributed by atoms with Gasteiger partial charge in [-0.25, -0.2) is 9.59 Å². The number of carboxylic acid groups (broad SMARTS) is 1. The third kappa shape index (κ3) is 5.03. The lowest BCUT2D eigenvalue weighted by atomic mass is 10.2. The minimum Gasteiger partial charge on any atom is -0.478 e. The molecule has 2 aromatic rings. The zero-order valence-corrected chi connectivity index (χ0v) is 13.5. The summed E-state index contributed by atoms with van der Waals surface area (Å²) in [6.45, 7) is 2.96. The molecule has 0 aliphatic carbocycles. The van der Waals surface area contributed by atoms with Gasteiger partial charge in [0, 0.05) is 24.7 Å². The van der Waals surface area contributed by atoms with E-state index in [-0.39, 0.29) is 16.6 Å². The van der Waals surface area contributed by atoms with E-state index in [1.807, 2.05) is 37.3 Å². The SMILES string of the molecule is CCCNC(=O)NSc1nn(Cc2ccccc2)cc1C(=O)O. The fourth-order valence-corrected chi connectivity index (χ4v) is 2.50. The monoisotopic (exact) mass is 334 g/mol. The van der Waals surface area contributed by atoms with Gasteiger partial charge in [-0.15, -0.1) is 0 Å². The highest BCUT2D eigenvalue weighted by Crippen LogP contribution is 2.19. The number of amides is 2. The molecule has 2 amide bonds. The van der Waals surface area contributed by atoms with Gasteiger partial charge >= 0.3 is 12.0 Å². The molecule has 0 saturated carbocycles. The predicted octanol–water partition coefficient (Wildman–Crippen LogP) is 2.35. The van der Waals surface area contributed by atoms with Gasteiger partial charge in [-0.3, -0.25) is 9.40 Å². The number of rotatable bonds is 7. The summed E-state index contributed by atoms with van der Waals surface area (Å²) in [5.74, 6) is -1.08. The first kappa shape index (κ1) is 16.9. The number of hydrogen-bond donors (Lipinski definition) is 3. The minimum atomic E-state index is -1.08. The molecule has 122 valence electrons. The van der Waals surface area contributed by atoms with Crippen molar-refractivity contribution in [3.05, 3.63) is 47.7 Å². The second kappa shape index (κ2) is 8.23. The van der Waals surface area contributed by atoms with Gasteiger partial charge in [0.25, 0.3) is 0 Å². The average Bonchev–Trinajstić information content (AvgIpc) is 2.95. The molecule has 1 aromatic heterocycles. The summed E-state index contributed by atoms with van der Waals surface area (Å²) in [5, 5.41) is 16.4. The number of hydrogen-bond acceptors (Lipinski definition) is 4. The Morgan fingerprint density at radius 2 is 2.04 bits per heavy atom. The highest BCUT2D eigenvalue weighted by molar-refractivity contribution is 7.98. The van der Waals surface area contributed by atoms with Crippen molar-refractivity contribution in [1.82, 2.24) is 19.8 Å². The fraction of sp³-hybridized carbons (Fsp3) is 0.267. The lowest BCUT2D eigenvalue weighted by Gasteiger charge is -2.04.